The van der Waals surface area contributed by atoms with Crippen molar-refractivity contribution in [3.63, 3.8) is 0 Å². The first-order valence-corrected chi connectivity index (χ1v) is 33.3. The lowest BCUT2D eigenvalue weighted by Crippen LogP contribution is -1.95. The first-order chi connectivity index (χ1) is 49.6. The third kappa shape index (κ3) is 9.92. The standard InChI is InChI=1S/2C44H28N6/c1-3-14-40-33(8-1)35-28-45-27-25-42(35)49(40)31-21-17-29(18-22-31)36-10-5-12-38(47-36)39-13-6-11-37(48-39)30-19-23-32(24-20-30)50-41-15-4-2-9-34(41)44-43(50)16-7-26-46-44;1-3-13-41-33(7-1)35-27-45-25-23-43(35)49(41)31-19-15-29(16-20-31)37-9-5-11-39(47-37)40-12-6-10-38(48-40)30-17-21-32(22-18-30)50-42-14-4-2-8-34(42)36-28-46-26-24-44(36)50/h2*1-28H. The lowest BCUT2D eigenvalue weighted by atomic mass is 10.1. The number of nitrogens with zero attached hydrogens (tertiary/aromatic N) is 12. The number of aromatic nitrogens is 12. The van der Waals surface area contributed by atoms with E-state index in [-0.39, 0.29) is 0 Å². The van der Waals surface area contributed by atoms with E-state index < -0.39 is 0 Å². The molecule has 0 aliphatic heterocycles. The summed E-state index contributed by atoms with van der Waals surface area (Å²) >= 11 is 0. The minimum Gasteiger partial charge on any atom is -0.309 e. The van der Waals surface area contributed by atoms with Crippen molar-refractivity contribution >= 4 is 87.4 Å². The van der Waals surface area contributed by atoms with Crippen LogP contribution in [0.3, 0.4) is 0 Å². The molecule has 0 spiro atoms. The number of pyridine rings is 8. The summed E-state index contributed by atoms with van der Waals surface area (Å²) in [5.74, 6) is 0. The molecular weight excluding hydrogens is 1230 g/mol. The molecular formula is C88H56N12. The van der Waals surface area contributed by atoms with Gasteiger partial charge in [-0.25, -0.2) is 19.9 Å². The van der Waals surface area contributed by atoms with Gasteiger partial charge in [-0.2, -0.15) is 0 Å². The van der Waals surface area contributed by atoms with E-state index in [1.165, 1.54) is 16.2 Å². The molecule has 12 heteroatoms. The molecule has 468 valence electrons. The Bertz CT molecular complexity index is 5520. The molecule has 20 rings (SSSR count). The predicted octanol–water partition coefficient (Wildman–Crippen LogP) is 20.9. The molecule has 0 saturated heterocycles. The highest BCUT2D eigenvalue weighted by Crippen LogP contribution is 2.38. The Hall–Kier alpha value is -13.8. The first kappa shape index (κ1) is 57.6. The molecule has 12 nitrogen and oxygen atoms in total. The van der Waals surface area contributed by atoms with Crippen LogP contribution in [0.5, 0.6) is 0 Å². The molecule has 20 aromatic rings. The van der Waals surface area contributed by atoms with Gasteiger partial charge in [0, 0.05) is 126 Å². The zero-order chi connectivity index (χ0) is 66.0. The highest BCUT2D eigenvalue weighted by atomic mass is 15.0. The molecule has 0 amide bonds. The van der Waals surface area contributed by atoms with Crippen LogP contribution in [0, 0.1) is 0 Å². The molecule has 0 aliphatic carbocycles. The average Bonchev–Trinajstić information content (AvgIpc) is 1.66. The summed E-state index contributed by atoms with van der Waals surface area (Å²) in [5, 5.41) is 8.17. The first-order valence-electron chi connectivity index (χ1n) is 33.3. The summed E-state index contributed by atoms with van der Waals surface area (Å²) in [4.78, 5) is 38.1. The van der Waals surface area contributed by atoms with Crippen LogP contribution in [-0.4, -0.2) is 58.1 Å². The van der Waals surface area contributed by atoms with Crippen molar-refractivity contribution in [3.8, 4) is 90.6 Å². The van der Waals surface area contributed by atoms with E-state index in [1.807, 2.05) is 73.7 Å². The Morgan fingerprint density at radius 2 is 0.440 bits per heavy atom. The molecule has 12 heterocycles. The molecule has 0 unspecified atom stereocenters. The van der Waals surface area contributed by atoms with E-state index in [0.717, 1.165) is 162 Å². The van der Waals surface area contributed by atoms with Gasteiger partial charge in [-0.05, 0) is 152 Å². The molecule has 0 fully saturated rings. The van der Waals surface area contributed by atoms with Crippen LogP contribution >= 0.6 is 0 Å². The highest BCUT2D eigenvalue weighted by Gasteiger charge is 2.19. The lowest BCUT2D eigenvalue weighted by molar-refractivity contribution is 1.17. The van der Waals surface area contributed by atoms with Crippen molar-refractivity contribution in [2.24, 2.45) is 0 Å². The fraction of sp³-hybridized carbons (Fsp3) is 0. The molecule has 0 saturated carbocycles. The smallest absolute Gasteiger partial charge is 0.0963 e. The van der Waals surface area contributed by atoms with Crippen LogP contribution in [-0.2, 0) is 0 Å². The summed E-state index contributed by atoms with van der Waals surface area (Å²) in [7, 11) is 0. The van der Waals surface area contributed by atoms with E-state index in [2.05, 4.69) is 305 Å². The monoisotopic (exact) mass is 1280 g/mol. The van der Waals surface area contributed by atoms with Crippen LogP contribution in [0.4, 0.5) is 0 Å². The predicted molar refractivity (Wildman–Crippen MR) is 405 cm³/mol. The van der Waals surface area contributed by atoms with Gasteiger partial charge in [-0.3, -0.25) is 19.9 Å². The number of hydrogen-bond acceptors (Lipinski definition) is 8. The van der Waals surface area contributed by atoms with Crippen LogP contribution in [0.15, 0.2) is 341 Å². The molecule has 0 aliphatic rings. The highest BCUT2D eigenvalue weighted by molar-refractivity contribution is 6.11. The van der Waals surface area contributed by atoms with E-state index in [1.54, 1.807) is 0 Å². The third-order valence-corrected chi connectivity index (χ3v) is 19.1. The summed E-state index contributed by atoms with van der Waals surface area (Å²) in [5.41, 5.74) is 25.6. The molecule has 0 N–H and O–H groups in total. The van der Waals surface area contributed by atoms with Gasteiger partial charge in [0.05, 0.1) is 95.2 Å². The van der Waals surface area contributed by atoms with Crippen molar-refractivity contribution in [2.75, 3.05) is 0 Å². The lowest BCUT2D eigenvalue weighted by Gasteiger charge is -2.11. The average molecular weight is 1280 g/mol. The van der Waals surface area contributed by atoms with E-state index in [9.17, 15) is 0 Å². The number of hydrogen-bond donors (Lipinski definition) is 0. The number of fused-ring (bicyclic) bond motifs is 12. The van der Waals surface area contributed by atoms with Crippen molar-refractivity contribution in [1.82, 2.24) is 58.1 Å². The molecule has 100 heavy (non-hydrogen) atoms. The molecule has 12 aromatic heterocycles. The van der Waals surface area contributed by atoms with Gasteiger partial charge in [0.15, 0.2) is 0 Å². The van der Waals surface area contributed by atoms with Crippen LogP contribution in [0.2, 0.25) is 0 Å². The van der Waals surface area contributed by atoms with Gasteiger partial charge in [-0.1, -0.05) is 146 Å². The van der Waals surface area contributed by atoms with Gasteiger partial charge >= 0.3 is 0 Å². The van der Waals surface area contributed by atoms with Crippen molar-refractivity contribution in [2.45, 2.75) is 0 Å². The minimum absolute atomic E-state index is 0.831. The largest absolute Gasteiger partial charge is 0.309 e. The SMILES string of the molecule is c1cc(-c2ccc(-n3c4ccccc4c4cnccc43)cc2)nc(-c2cccc(-c3ccc(-n4c5ccccc5c5cnccc54)cc3)n2)c1.c1cc(-c2ccc(-n3c4ccccc4c4cnccc43)cc2)nc(-c2cccc(-c3ccc(-n4c5ccccc5c5ncccc54)cc3)n2)c1. The topological polar surface area (TPSA) is 123 Å². The van der Waals surface area contributed by atoms with Crippen LogP contribution in [0.1, 0.15) is 0 Å². The third-order valence-electron chi connectivity index (χ3n) is 19.1. The fourth-order valence-electron chi connectivity index (χ4n) is 14.4. The maximum atomic E-state index is 5.06. The van der Waals surface area contributed by atoms with Gasteiger partial charge in [-0.15, -0.1) is 0 Å². The second kappa shape index (κ2) is 24.1. The fourth-order valence-corrected chi connectivity index (χ4v) is 14.4. The van der Waals surface area contributed by atoms with Crippen LogP contribution < -0.4 is 0 Å². The zero-order valence-corrected chi connectivity index (χ0v) is 53.7. The van der Waals surface area contributed by atoms with Crippen molar-refractivity contribution in [1.29, 1.82) is 0 Å². The van der Waals surface area contributed by atoms with Gasteiger partial charge in [0.25, 0.3) is 0 Å². The quantitative estimate of drug-likeness (QED) is 0.133. The second-order valence-corrected chi connectivity index (χ2v) is 24.8. The Morgan fingerprint density at radius 3 is 0.770 bits per heavy atom. The van der Waals surface area contributed by atoms with Crippen LogP contribution in [0.25, 0.3) is 178 Å². The Kier molecular flexibility index (Phi) is 13.9. The number of benzene rings is 8. The Morgan fingerprint density at radius 1 is 0.180 bits per heavy atom. The Balaban J connectivity index is 0.000000139. The number of para-hydroxylation sites is 4. The van der Waals surface area contributed by atoms with E-state index in [0.29, 0.717) is 0 Å². The van der Waals surface area contributed by atoms with E-state index >= 15 is 0 Å². The molecule has 0 radical (unpaired) electrons. The van der Waals surface area contributed by atoms with Gasteiger partial charge in [0.1, 0.15) is 0 Å². The molecule has 0 atom stereocenters. The normalized spacial score (nSPS) is 11.6. The molecule has 8 aromatic carbocycles. The second-order valence-electron chi connectivity index (χ2n) is 24.8. The minimum atomic E-state index is 0.831. The summed E-state index contributed by atoms with van der Waals surface area (Å²) in [6.07, 6.45) is 13.2. The van der Waals surface area contributed by atoms with Crippen molar-refractivity contribution in [3.05, 3.63) is 341 Å². The Labute approximate surface area is 573 Å². The zero-order valence-electron chi connectivity index (χ0n) is 53.7. The van der Waals surface area contributed by atoms with Crippen molar-refractivity contribution < 1.29 is 0 Å². The van der Waals surface area contributed by atoms with Gasteiger partial charge < -0.3 is 18.3 Å². The maximum absolute atomic E-state index is 5.06. The van der Waals surface area contributed by atoms with E-state index in [4.69, 9.17) is 19.9 Å². The summed E-state index contributed by atoms with van der Waals surface area (Å²) < 4.78 is 9.15. The van der Waals surface area contributed by atoms with Gasteiger partial charge in [0.2, 0.25) is 0 Å². The summed E-state index contributed by atoms with van der Waals surface area (Å²) in [6.45, 7) is 0. The summed E-state index contributed by atoms with van der Waals surface area (Å²) in [6, 6.07) is 103. The maximum Gasteiger partial charge on any atom is 0.0963 e. The molecule has 0 bridgehead atoms. The number of rotatable bonds is 10.